The van der Waals surface area contributed by atoms with Gasteiger partial charge in [0.15, 0.2) is 0 Å². The molecule has 9 heteroatoms. The molecule has 0 spiro atoms. The van der Waals surface area contributed by atoms with E-state index >= 15 is 0 Å². The SMILES string of the molecule is COc1cc(F)ccc1-n1nc(OC)c(=O)n(Cc2ccc(Cl)cc2)c1=O. The second-order valence-corrected chi connectivity index (χ2v) is 5.97. The van der Waals surface area contributed by atoms with Crippen LogP contribution in [0.25, 0.3) is 5.69 Å². The van der Waals surface area contributed by atoms with Gasteiger partial charge in [0, 0.05) is 11.1 Å². The summed E-state index contributed by atoms with van der Waals surface area (Å²) in [6.07, 6.45) is 0. The second kappa shape index (κ2) is 7.63. The summed E-state index contributed by atoms with van der Waals surface area (Å²) in [6.45, 7) is -0.0166. The molecule has 0 N–H and O–H groups in total. The van der Waals surface area contributed by atoms with Gasteiger partial charge in [-0.15, -0.1) is 5.10 Å². The van der Waals surface area contributed by atoms with E-state index in [4.69, 9.17) is 21.1 Å². The molecule has 140 valence electrons. The van der Waals surface area contributed by atoms with E-state index in [1.807, 2.05) is 0 Å². The highest BCUT2D eigenvalue weighted by Crippen LogP contribution is 2.22. The maximum absolute atomic E-state index is 13.5. The van der Waals surface area contributed by atoms with Crippen molar-refractivity contribution in [2.45, 2.75) is 6.54 Å². The Labute approximate surface area is 158 Å². The molecule has 3 rings (SSSR count). The minimum absolute atomic E-state index is 0.0166. The van der Waals surface area contributed by atoms with Gasteiger partial charge in [-0.2, -0.15) is 4.68 Å². The van der Waals surface area contributed by atoms with Crippen LogP contribution >= 0.6 is 11.6 Å². The van der Waals surface area contributed by atoms with Gasteiger partial charge in [-0.1, -0.05) is 23.7 Å². The average Bonchev–Trinajstić information content (AvgIpc) is 2.67. The van der Waals surface area contributed by atoms with Crippen molar-refractivity contribution in [1.82, 2.24) is 14.3 Å². The summed E-state index contributed by atoms with van der Waals surface area (Å²) in [5.74, 6) is -0.733. The molecule has 1 heterocycles. The predicted octanol–water partition coefficient (Wildman–Crippen LogP) is 2.25. The normalized spacial score (nSPS) is 10.7. The minimum atomic E-state index is -0.722. The molecule has 0 unspecified atom stereocenters. The summed E-state index contributed by atoms with van der Waals surface area (Å²) >= 11 is 5.87. The molecule has 7 nitrogen and oxygen atoms in total. The highest BCUT2D eigenvalue weighted by Gasteiger charge is 2.18. The third-order valence-corrected chi connectivity index (χ3v) is 4.10. The Morgan fingerprint density at radius 2 is 1.78 bits per heavy atom. The van der Waals surface area contributed by atoms with Crippen LogP contribution in [0.5, 0.6) is 11.6 Å². The summed E-state index contributed by atoms with van der Waals surface area (Å²) in [4.78, 5) is 25.4. The van der Waals surface area contributed by atoms with Crippen LogP contribution in [0.1, 0.15) is 5.56 Å². The summed E-state index contributed by atoms with van der Waals surface area (Å²) in [5.41, 5.74) is -0.549. The number of methoxy groups -OCH3 is 2. The lowest BCUT2D eigenvalue weighted by atomic mass is 10.2. The lowest BCUT2D eigenvalue weighted by Gasteiger charge is -2.13. The van der Waals surface area contributed by atoms with Gasteiger partial charge in [-0.25, -0.2) is 13.8 Å². The van der Waals surface area contributed by atoms with Gasteiger partial charge >= 0.3 is 11.2 Å². The molecule has 27 heavy (non-hydrogen) atoms. The van der Waals surface area contributed by atoms with Gasteiger partial charge in [-0.05, 0) is 29.8 Å². The van der Waals surface area contributed by atoms with Crippen molar-refractivity contribution >= 4 is 11.6 Å². The van der Waals surface area contributed by atoms with Crippen LogP contribution in [0.4, 0.5) is 4.39 Å². The number of hydrogen-bond acceptors (Lipinski definition) is 5. The fraction of sp³-hybridized carbons (Fsp3) is 0.167. The number of hydrogen-bond donors (Lipinski definition) is 0. The third-order valence-electron chi connectivity index (χ3n) is 3.85. The topological polar surface area (TPSA) is 75.3 Å². The molecule has 0 radical (unpaired) electrons. The number of rotatable bonds is 5. The Hall–Kier alpha value is -3.13. The lowest BCUT2D eigenvalue weighted by Crippen LogP contribution is -2.41. The Morgan fingerprint density at radius 3 is 2.41 bits per heavy atom. The van der Waals surface area contributed by atoms with Crippen LogP contribution < -0.4 is 20.7 Å². The van der Waals surface area contributed by atoms with E-state index in [1.165, 1.54) is 20.3 Å². The Kier molecular flexibility index (Phi) is 5.27. The number of aromatic nitrogens is 3. The quantitative estimate of drug-likeness (QED) is 0.667. The van der Waals surface area contributed by atoms with Crippen LogP contribution in [0, 0.1) is 5.82 Å². The standard InChI is InChI=1S/C18H15ClFN3O4/c1-26-15-9-13(20)7-8-14(15)23-18(25)22(17(24)16(21-23)27-2)10-11-3-5-12(19)6-4-11/h3-9H,10H2,1-2H3. The summed E-state index contributed by atoms with van der Waals surface area (Å²) in [7, 11) is 2.61. The summed E-state index contributed by atoms with van der Waals surface area (Å²) in [6, 6.07) is 10.3. The molecule has 0 saturated heterocycles. The maximum atomic E-state index is 13.5. The maximum Gasteiger partial charge on any atom is 0.352 e. The van der Waals surface area contributed by atoms with E-state index in [0.717, 1.165) is 21.4 Å². The predicted molar refractivity (Wildman–Crippen MR) is 97.7 cm³/mol. The monoisotopic (exact) mass is 391 g/mol. The first kappa shape index (κ1) is 18.7. The molecular weight excluding hydrogens is 377 g/mol. The van der Waals surface area contributed by atoms with Gasteiger partial charge in [0.1, 0.15) is 17.3 Å². The molecule has 1 aromatic heterocycles. The van der Waals surface area contributed by atoms with Crippen molar-refractivity contribution in [2.24, 2.45) is 0 Å². The molecule has 0 aliphatic carbocycles. The van der Waals surface area contributed by atoms with Gasteiger partial charge in [-0.3, -0.25) is 4.79 Å². The number of benzene rings is 2. The van der Waals surface area contributed by atoms with Crippen molar-refractivity contribution in [2.75, 3.05) is 14.2 Å². The Morgan fingerprint density at radius 1 is 1.07 bits per heavy atom. The molecule has 0 saturated carbocycles. The van der Waals surface area contributed by atoms with Crippen molar-refractivity contribution in [1.29, 1.82) is 0 Å². The minimum Gasteiger partial charge on any atom is -0.494 e. The summed E-state index contributed by atoms with van der Waals surface area (Å²) in [5, 5.41) is 4.47. The molecule has 0 amide bonds. The molecule has 0 fully saturated rings. The second-order valence-electron chi connectivity index (χ2n) is 5.54. The smallest absolute Gasteiger partial charge is 0.352 e. The lowest BCUT2D eigenvalue weighted by molar-refractivity contribution is 0.364. The van der Waals surface area contributed by atoms with Crippen LogP contribution in [-0.2, 0) is 6.54 Å². The third kappa shape index (κ3) is 3.70. The first-order valence-electron chi connectivity index (χ1n) is 7.81. The van der Waals surface area contributed by atoms with Crippen molar-refractivity contribution in [3.8, 4) is 17.3 Å². The van der Waals surface area contributed by atoms with Gasteiger partial charge in [0.05, 0.1) is 20.8 Å². The zero-order valence-corrected chi connectivity index (χ0v) is 15.2. The fourth-order valence-electron chi connectivity index (χ4n) is 2.52. The average molecular weight is 392 g/mol. The van der Waals surface area contributed by atoms with Crippen molar-refractivity contribution in [3.63, 3.8) is 0 Å². The first-order valence-corrected chi connectivity index (χ1v) is 8.19. The van der Waals surface area contributed by atoms with Crippen molar-refractivity contribution in [3.05, 3.63) is 79.7 Å². The van der Waals surface area contributed by atoms with Crippen molar-refractivity contribution < 1.29 is 13.9 Å². The molecule has 0 bridgehead atoms. The van der Waals surface area contributed by atoms with E-state index < -0.39 is 17.1 Å². The Bertz CT molecular complexity index is 1090. The molecule has 2 aromatic carbocycles. The molecular formula is C18H15ClFN3O4. The Balaban J connectivity index is 2.21. The number of halogens is 2. The van der Waals surface area contributed by atoms with Crippen LogP contribution in [-0.4, -0.2) is 28.6 Å². The molecule has 0 atom stereocenters. The molecule has 0 aliphatic rings. The largest absolute Gasteiger partial charge is 0.494 e. The van der Waals surface area contributed by atoms with E-state index in [1.54, 1.807) is 24.3 Å². The van der Waals surface area contributed by atoms with E-state index in [-0.39, 0.29) is 23.9 Å². The highest BCUT2D eigenvalue weighted by atomic mass is 35.5. The summed E-state index contributed by atoms with van der Waals surface area (Å²) < 4.78 is 25.5. The van der Waals surface area contributed by atoms with Crippen LogP contribution in [0.3, 0.4) is 0 Å². The first-order chi connectivity index (χ1) is 12.9. The van der Waals surface area contributed by atoms with Crippen LogP contribution in [0.15, 0.2) is 52.1 Å². The zero-order chi connectivity index (χ0) is 19.6. The fourth-order valence-corrected chi connectivity index (χ4v) is 2.64. The number of nitrogens with zero attached hydrogens (tertiary/aromatic N) is 3. The highest BCUT2D eigenvalue weighted by molar-refractivity contribution is 6.30. The zero-order valence-electron chi connectivity index (χ0n) is 14.5. The van der Waals surface area contributed by atoms with E-state index in [2.05, 4.69) is 5.10 Å². The molecule has 3 aromatic rings. The molecule has 0 aliphatic heterocycles. The number of ether oxygens (including phenoxy) is 2. The van der Waals surface area contributed by atoms with Gasteiger partial charge in [0.2, 0.25) is 0 Å². The van der Waals surface area contributed by atoms with Gasteiger partial charge in [0.25, 0.3) is 5.88 Å². The van der Waals surface area contributed by atoms with Gasteiger partial charge < -0.3 is 9.47 Å². The van der Waals surface area contributed by atoms with E-state index in [9.17, 15) is 14.0 Å². The van der Waals surface area contributed by atoms with E-state index in [0.29, 0.717) is 10.6 Å². The van der Waals surface area contributed by atoms with Crippen LogP contribution in [0.2, 0.25) is 5.02 Å².